The number of hydrogen-bond acceptors (Lipinski definition) is 3. The zero-order valence-electron chi connectivity index (χ0n) is 10.9. The molecule has 0 spiro atoms. The standard InChI is InChI=1S/C14H9F3N2O3/c15-14(16,17)10-5-3-4-9(8-10)13(20)18-11-6-1-2-7-12(11)19(21)22/h1-8H,(H,18,20). The Hall–Kier alpha value is -2.90. The summed E-state index contributed by atoms with van der Waals surface area (Å²) >= 11 is 0. The van der Waals surface area contributed by atoms with Gasteiger partial charge >= 0.3 is 6.18 Å². The number of carbonyl (C=O) groups excluding carboxylic acids is 1. The fourth-order valence-electron chi connectivity index (χ4n) is 1.77. The molecule has 22 heavy (non-hydrogen) atoms. The zero-order chi connectivity index (χ0) is 16.3. The quantitative estimate of drug-likeness (QED) is 0.691. The van der Waals surface area contributed by atoms with Gasteiger partial charge in [0.2, 0.25) is 0 Å². The van der Waals surface area contributed by atoms with Crippen molar-refractivity contribution >= 4 is 17.3 Å². The third kappa shape index (κ3) is 3.40. The molecule has 2 rings (SSSR count). The van der Waals surface area contributed by atoms with Crippen LogP contribution in [0.15, 0.2) is 48.5 Å². The van der Waals surface area contributed by atoms with Crippen molar-refractivity contribution in [2.45, 2.75) is 6.18 Å². The van der Waals surface area contributed by atoms with Crippen LogP contribution in [0.25, 0.3) is 0 Å². The number of anilines is 1. The molecule has 0 saturated carbocycles. The number of para-hydroxylation sites is 2. The van der Waals surface area contributed by atoms with Gasteiger partial charge in [-0.2, -0.15) is 13.2 Å². The monoisotopic (exact) mass is 310 g/mol. The van der Waals surface area contributed by atoms with Crippen LogP contribution in [0, 0.1) is 10.1 Å². The molecule has 114 valence electrons. The van der Waals surface area contributed by atoms with Crippen molar-refractivity contribution in [2.75, 3.05) is 5.32 Å². The number of alkyl halides is 3. The highest BCUT2D eigenvalue weighted by Gasteiger charge is 2.31. The maximum atomic E-state index is 12.6. The number of hydrogen-bond donors (Lipinski definition) is 1. The first-order valence-corrected chi connectivity index (χ1v) is 6.01. The van der Waals surface area contributed by atoms with Gasteiger partial charge in [-0.1, -0.05) is 18.2 Å². The Morgan fingerprint density at radius 3 is 2.41 bits per heavy atom. The van der Waals surface area contributed by atoms with Crippen LogP contribution in [-0.2, 0) is 6.18 Å². The van der Waals surface area contributed by atoms with Crippen LogP contribution in [0.1, 0.15) is 15.9 Å². The highest BCUT2D eigenvalue weighted by molar-refractivity contribution is 6.05. The van der Waals surface area contributed by atoms with Gasteiger partial charge in [-0.3, -0.25) is 14.9 Å². The van der Waals surface area contributed by atoms with Crippen LogP contribution in [0.2, 0.25) is 0 Å². The van der Waals surface area contributed by atoms with Crippen molar-refractivity contribution in [3.05, 3.63) is 69.8 Å². The normalized spacial score (nSPS) is 11.0. The van der Waals surface area contributed by atoms with E-state index in [4.69, 9.17) is 0 Å². The minimum absolute atomic E-state index is 0.0880. The summed E-state index contributed by atoms with van der Waals surface area (Å²) in [5.74, 6) is -0.861. The van der Waals surface area contributed by atoms with E-state index in [1.807, 2.05) is 0 Å². The molecule has 0 fully saturated rings. The van der Waals surface area contributed by atoms with Crippen LogP contribution in [0.5, 0.6) is 0 Å². The van der Waals surface area contributed by atoms with Crippen molar-refractivity contribution in [1.82, 2.24) is 0 Å². The van der Waals surface area contributed by atoms with Gasteiger partial charge in [0, 0.05) is 11.6 Å². The predicted octanol–water partition coefficient (Wildman–Crippen LogP) is 3.87. The van der Waals surface area contributed by atoms with Crippen LogP contribution < -0.4 is 5.32 Å². The molecule has 0 unspecified atom stereocenters. The molecule has 1 amide bonds. The number of nitro benzene ring substituents is 1. The summed E-state index contributed by atoms with van der Waals surface area (Å²) in [5.41, 5.74) is -1.64. The average molecular weight is 310 g/mol. The van der Waals surface area contributed by atoms with Crippen molar-refractivity contribution in [1.29, 1.82) is 0 Å². The topological polar surface area (TPSA) is 72.2 Å². The Kier molecular flexibility index (Phi) is 4.11. The Bertz CT molecular complexity index is 729. The van der Waals surface area contributed by atoms with Gasteiger partial charge in [-0.15, -0.1) is 0 Å². The molecule has 5 nitrogen and oxygen atoms in total. The van der Waals surface area contributed by atoms with Crippen molar-refractivity contribution in [2.24, 2.45) is 0 Å². The number of nitrogens with zero attached hydrogens (tertiary/aromatic N) is 1. The van der Waals surface area contributed by atoms with Crippen LogP contribution >= 0.6 is 0 Å². The number of rotatable bonds is 3. The molecule has 1 N–H and O–H groups in total. The van der Waals surface area contributed by atoms with Gasteiger partial charge in [0.25, 0.3) is 11.6 Å². The Morgan fingerprint density at radius 2 is 1.77 bits per heavy atom. The van der Waals surface area contributed by atoms with Crippen LogP contribution in [0.3, 0.4) is 0 Å². The summed E-state index contributed by atoms with van der Waals surface area (Å²) in [4.78, 5) is 22.1. The summed E-state index contributed by atoms with van der Waals surface area (Å²) in [6.45, 7) is 0. The SMILES string of the molecule is O=C(Nc1ccccc1[N+](=O)[O-])c1cccc(C(F)(F)F)c1. The highest BCUT2D eigenvalue weighted by Crippen LogP contribution is 2.30. The van der Waals surface area contributed by atoms with E-state index in [9.17, 15) is 28.1 Å². The van der Waals surface area contributed by atoms with Gasteiger partial charge in [0.05, 0.1) is 10.5 Å². The van der Waals surface area contributed by atoms with Gasteiger partial charge in [-0.05, 0) is 24.3 Å². The van der Waals surface area contributed by atoms with E-state index in [0.29, 0.717) is 6.07 Å². The maximum Gasteiger partial charge on any atom is 0.416 e. The summed E-state index contributed by atoms with van der Waals surface area (Å²) in [5, 5.41) is 13.1. The molecule has 0 aliphatic rings. The number of benzene rings is 2. The van der Waals surface area contributed by atoms with Crippen LogP contribution in [-0.4, -0.2) is 10.8 Å². The van der Waals surface area contributed by atoms with Crippen LogP contribution in [0.4, 0.5) is 24.5 Å². The second-order valence-electron chi connectivity index (χ2n) is 4.31. The van der Waals surface area contributed by atoms with Crippen molar-refractivity contribution in [3.63, 3.8) is 0 Å². The minimum Gasteiger partial charge on any atom is -0.316 e. The molecule has 0 aromatic heterocycles. The summed E-state index contributed by atoms with van der Waals surface area (Å²) in [6, 6.07) is 9.17. The van der Waals surface area contributed by atoms with E-state index in [1.165, 1.54) is 30.3 Å². The minimum atomic E-state index is -4.57. The molecular weight excluding hydrogens is 301 g/mol. The zero-order valence-corrected chi connectivity index (χ0v) is 10.9. The number of amides is 1. The lowest BCUT2D eigenvalue weighted by molar-refractivity contribution is -0.383. The van der Waals surface area contributed by atoms with Gasteiger partial charge in [0.15, 0.2) is 0 Å². The molecule has 2 aromatic carbocycles. The number of halogens is 3. The first kappa shape index (κ1) is 15.5. The fraction of sp³-hybridized carbons (Fsp3) is 0.0714. The molecule has 0 saturated heterocycles. The van der Waals surface area contributed by atoms with E-state index in [1.54, 1.807) is 0 Å². The Balaban J connectivity index is 2.29. The highest BCUT2D eigenvalue weighted by atomic mass is 19.4. The molecule has 0 heterocycles. The van der Waals surface area contributed by atoms with Gasteiger partial charge in [0.1, 0.15) is 5.69 Å². The predicted molar refractivity (Wildman–Crippen MR) is 72.5 cm³/mol. The Labute approximate surface area is 122 Å². The molecule has 0 aliphatic carbocycles. The summed E-state index contributed by atoms with van der Waals surface area (Å²) in [7, 11) is 0. The smallest absolute Gasteiger partial charge is 0.316 e. The molecule has 0 radical (unpaired) electrons. The first-order chi connectivity index (χ1) is 10.3. The van der Waals surface area contributed by atoms with Crippen molar-refractivity contribution in [3.8, 4) is 0 Å². The lowest BCUT2D eigenvalue weighted by Crippen LogP contribution is -2.14. The molecule has 8 heteroatoms. The fourth-order valence-corrected chi connectivity index (χ4v) is 1.77. The second-order valence-corrected chi connectivity index (χ2v) is 4.31. The Morgan fingerprint density at radius 1 is 1.09 bits per heavy atom. The lowest BCUT2D eigenvalue weighted by atomic mass is 10.1. The van der Waals surface area contributed by atoms with Gasteiger partial charge < -0.3 is 5.32 Å². The lowest BCUT2D eigenvalue weighted by Gasteiger charge is -2.09. The number of nitro groups is 1. The maximum absolute atomic E-state index is 12.6. The average Bonchev–Trinajstić information content (AvgIpc) is 2.47. The molecule has 0 aliphatic heterocycles. The molecular formula is C14H9F3N2O3. The summed E-state index contributed by atoms with van der Waals surface area (Å²) in [6.07, 6.45) is -4.57. The van der Waals surface area contributed by atoms with Gasteiger partial charge in [-0.25, -0.2) is 0 Å². The molecule has 0 atom stereocenters. The third-order valence-electron chi connectivity index (χ3n) is 2.80. The van der Waals surface area contributed by atoms with E-state index >= 15 is 0 Å². The van der Waals surface area contributed by atoms with E-state index in [0.717, 1.165) is 12.1 Å². The third-order valence-corrected chi connectivity index (χ3v) is 2.80. The van der Waals surface area contributed by atoms with E-state index < -0.39 is 22.6 Å². The van der Waals surface area contributed by atoms with E-state index in [2.05, 4.69) is 5.32 Å². The summed E-state index contributed by atoms with van der Waals surface area (Å²) < 4.78 is 37.8. The number of carbonyl (C=O) groups is 1. The largest absolute Gasteiger partial charge is 0.416 e. The first-order valence-electron chi connectivity index (χ1n) is 6.01. The van der Waals surface area contributed by atoms with E-state index in [-0.39, 0.29) is 16.9 Å². The van der Waals surface area contributed by atoms with Crippen molar-refractivity contribution < 1.29 is 22.9 Å². The second kappa shape index (κ2) is 5.84. The molecule has 2 aromatic rings. The molecule has 0 bridgehead atoms. The number of nitrogens with one attached hydrogen (secondary N) is 1.